The molecule has 0 aliphatic heterocycles. The predicted molar refractivity (Wildman–Crippen MR) is 144 cm³/mol. The molecule has 0 radical (unpaired) electrons. The van der Waals surface area contributed by atoms with Gasteiger partial charge in [0.25, 0.3) is 11.8 Å². The molecule has 3 aromatic rings. The number of hydrogen-bond donors (Lipinski definition) is 3. The number of aryl methyl sites for hydroxylation is 1. The quantitative estimate of drug-likeness (QED) is 0.282. The summed E-state index contributed by atoms with van der Waals surface area (Å²) in [6.45, 7) is 4.07. The van der Waals surface area contributed by atoms with Crippen molar-refractivity contribution in [2.24, 2.45) is 5.92 Å². The highest BCUT2D eigenvalue weighted by Gasteiger charge is 2.31. The first-order valence-corrected chi connectivity index (χ1v) is 12.8. The van der Waals surface area contributed by atoms with E-state index in [0.717, 1.165) is 17.4 Å². The average molecular weight is 535 g/mol. The number of nitrogens with zero attached hydrogens (tertiary/aromatic N) is 2. The Labute approximate surface area is 227 Å². The minimum absolute atomic E-state index is 0.0271. The van der Waals surface area contributed by atoms with E-state index < -0.39 is 35.8 Å². The molecule has 2 unspecified atom stereocenters. The van der Waals surface area contributed by atoms with Gasteiger partial charge in [0.1, 0.15) is 12.3 Å². The molecule has 0 bridgehead atoms. The zero-order valence-electron chi connectivity index (χ0n) is 22.3. The fourth-order valence-corrected chi connectivity index (χ4v) is 4.11. The van der Waals surface area contributed by atoms with Crippen molar-refractivity contribution >= 4 is 23.7 Å². The number of oxazole rings is 1. The smallest absolute Gasteiger partial charge is 0.405 e. The summed E-state index contributed by atoms with van der Waals surface area (Å²) in [6.07, 6.45) is 0.725. The molecule has 0 aliphatic rings. The molecule has 0 spiro atoms. The molecule has 1 aromatic heterocycles. The van der Waals surface area contributed by atoms with Crippen LogP contribution in [-0.2, 0) is 17.8 Å². The first-order chi connectivity index (χ1) is 18.6. The fraction of sp³-hybridized carbons (Fsp3) is 0.345. The SMILES string of the molecule is CC(C)CC(NC(=O)O)C(=O)NC(CCc1ccccc1)C(=O)c1nc(C(=O)N(C)Cc2ccccc2)co1. The van der Waals surface area contributed by atoms with Gasteiger partial charge in [0.2, 0.25) is 11.7 Å². The number of hydrogen-bond acceptors (Lipinski definition) is 6. The van der Waals surface area contributed by atoms with Crippen molar-refractivity contribution in [2.45, 2.75) is 51.7 Å². The first kappa shape index (κ1) is 29.1. The minimum atomic E-state index is -1.33. The molecule has 206 valence electrons. The van der Waals surface area contributed by atoms with E-state index in [0.29, 0.717) is 13.0 Å². The van der Waals surface area contributed by atoms with Crippen LogP contribution in [0.3, 0.4) is 0 Å². The molecular formula is C29H34N4O6. The molecule has 0 fully saturated rings. The number of carbonyl (C=O) groups is 4. The zero-order chi connectivity index (χ0) is 28.4. The van der Waals surface area contributed by atoms with Gasteiger partial charge in [0.15, 0.2) is 5.69 Å². The normalized spacial score (nSPS) is 12.4. The maximum atomic E-state index is 13.4. The Hall–Kier alpha value is -4.47. The van der Waals surface area contributed by atoms with Crippen molar-refractivity contribution in [3.63, 3.8) is 0 Å². The molecule has 3 amide bonds. The van der Waals surface area contributed by atoms with Crippen LogP contribution in [-0.4, -0.2) is 57.8 Å². The van der Waals surface area contributed by atoms with Crippen LogP contribution in [0.15, 0.2) is 71.3 Å². The van der Waals surface area contributed by atoms with Crippen LogP contribution < -0.4 is 10.6 Å². The minimum Gasteiger partial charge on any atom is -0.465 e. The lowest BCUT2D eigenvalue weighted by molar-refractivity contribution is -0.124. The summed E-state index contributed by atoms with van der Waals surface area (Å²) in [5.74, 6) is -1.93. The lowest BCUT2D eigenvalue weighted by Crippen LogP contribution is -2.52. The number of carbonyl (C=O) groups excluding carboxylic acids is 3. The van der Waals surface area contributed by atoms with Gasteiger partial charge in [-0.25, -0.2) is 9.78 Å². The third-order valence-electron chi connectivity index (χ3n) is 6.06. The molecule has 2 aromatic carbocycles. The summed E-state index contributed by atoms with van der Waals surface area (Å²) in [4.78, 5) is 56.2. The van der Waals surface area contributed by atoms with Crippen molar-refractivity contribution in [1.82, 2.24) is 20.5 Å². The number of benzene rings is 2. The Balaban J connectivity index is 1.77. The van der Waals surface area contributed by atoms with E-state index in [2.05, 4.69) is 15.6 Å². The average Bonchev–Trinajstić information content (AvgIpc) is 3.40. The number of carboxylic acid groups (broad SMARTS) is 1. The molecule has 2 atom stereocenters. The van der Waals surface area contributed by atoms with Gasteiger partial charge in [-0.1, -0.05) is 74.5 Å². The van der Waals surface area contributed by atoms with Gasteiger partial charge in [-0.2, -0.15) is 0 Å². The van der Waals surface area contributed by atoms with Gasteiger partial charge in [-0.3, -0.25) is 14.4 Å². The topological polar surface area (TPSA) is 142 Å². The van der Waals surface area contributed by atoms with Crippen LogP contribution in [0, 0.1) is 5.92 Å². The lowest BCUT2D eigenvalue weighted by Gasteiger charge is -2.22. The Kier molecular flexibility index (Phi) is 10.4. The Morgan fingerprint density at radius 2 is 1.54 bits per heavy atom. The highest BCUT2D eigenvalue weighted by atomic mass is 16.4. The van der Waals surface area contributed by atoms with E-state index in [1.165, 1.54) is 4.90 Å². The molecule has 0 aliphatic carbocycles. The fourth-order valence-electron chi connectivity index (χ4n) is 4.11. The van der Waals surface area contributed by atoms with Gasteiger partial charge < -0.3 is 25.1 Å². The van der Waals surface area contributed by atoms with Gasteiger partial charge >= 0.3 is 6.09 Å². The second kappa shape index (κ2) is 13.9. The number of amides is 3. The van der Waals surface area contributed by atoms with Gasteiger partial charge in [-0.05, 0) is 36.3 Å². The summed E-state index contributed by atoms with van der Waals surface area (Å²) in [5, 5.41) is 14.1. The third kappa shape index (κ3) is 8.80. The van der Waals surface area contributed by atoms with Crippen LogP contribution in [0.1, 0.15) is 59.0 Å². The van der Waals surface area contributed by atoms with Crippen LogP contribution >= 0.6 is 0 Å². The van der Waals surface area contributed by atoms with Crippen LogP contribution in [0.5, 0.6) is 0 Å². The Morgan fingerprint density at radius 1 is 0.923 bits per heavy atom. The van der Waals surface area contributed by atoms with Gasteiger partial charge in [0, 0.05) is 13.6 Å². The molecule has 0 saturated heterocycles. The summed E-state index contributed by atoms with van der Waals surface area (Å²) >= 11 is 0. The number of aromatic nitrogens is 1. The van der Waals surface area contributed by atoms with E-state index >= 15 is 0 Å². The van der Waals surface area contributed by atoms with Crippen molar-refractivity contribution < 1.29 is 28.7 Å². The second-order valence-electron chi connectivity index (χ2n) is 9.77. The molecule has 1 heterocycles. The van der Waals surface area contributed by atoms with E-state index in [9.17, 15) is 24.3 Å². The Bertz CT molecular complexity index is 1260. The van der Waals surface area contributed by atoms with Crippen LogP contribution in [0.4, 0.5) is 4.79 Å². The van der Waals surface area contributed by atoms with Crippen molar-refractivity contribution in [1.29, 1.82) is 0 Å². The molecule has 10 nitrogen and oxygen atoms in total. The highest BCUT2D eigenvalue weighted by molar-refractivity contribution is 6.00. The summed E-state index contributed by atoms with van der Waals surface area (Å²) in [7, 11) is 1.62. The number of ketones is 1. The van der Waals surface area contributed by atoms with Gasteiger partial charge in [-0.15, -0.1) is 0 Å². The van der Waals surface area contributed by atoms with E-state index in [-0.39, 0.29) is 30.3 Å². The van der Waals surface area contributed by atoms with Crippen molar-refractivity contribution in [3.05, 3.63) is 89.6 Å². The van der Waals surface area contributed by atoms with Gasteiger partial charge in [0.05, 0.1) is 6.04 Å². The number of Topliss-reactive ketones (excluding diaryl/α,β-unsaturated/α-hetero) is 1. The highest BCUT2D eigenvalue weighted by Crippen LogP contribution is 2.14. The van der Waals surface area contributed by atoms with Crippen LogP contribution in [0.25, 0.3) is 0 Å². The molecule has 0 saturated carbocycles. The summed E-state index contributed by atoms with van der Waals surface area (Å²) in [5.41, 5.74) is 1.86. The standard InChI is InChI=1S/C29H34N4O6/c1-19(2)16-23(32-29(37)38)26(35)30-22(15-14-20-10-6-4-7-11-20)25(34)27-31-24(18-39-27)28(36)33(3)17-21-12-8-5-9-13-21/h4-13,18-19,22-23,32H,14-17H2,1-3H3,(H,30,35)(H,37,38). The maximum absolute atomic E-state index is 13.4. The summed E-state index contributed by atoms with van der Waals surface area (Å²) in [6, 6.07) is 16.8. The number of rotatable bonds is 13. The first-order valence-electron chi connectivity index (χ1n) is 12.8. The molecular weight excluding hydrogens is 500 g/mol. The molecule has 10 heteroatoms. The van der Waals surface area contributed by atoms with E-state index in [4.69, 9.17) is 4.42 Å². The largest absolute Gasteiger partial charge is 0.465 e. The van der Waals surface area contributed by atoms with Crippen LogP contribution in [0.2, 0.25) is 0 Å². The predicted octanol–water partition coefficient (Wildman–Crippen LogP) is 3.93. The summed E-state index contributed by atoms with van der Waals surface area (Å²) < 4.78 is 5.38. The third-order valence-corrected chi connectivity index (χ3v) is 6.06. The van der Waals surface area contributed by atoms with E-state index in [1.54, 1.807) is 7.05 Å². The molecule has 3 rings (SSSR count). The molecule has 39 heavy (non-hydrogen) atoms. The lowest BCUT2D eigenvalue weighted by atomic mass is 9.99. The Morgan fingerprint density at radius 3 is 2.13 bits per heavy atom. The number of nitrogens with one attached hydrogen (secondary N) is 2. The monoisotopic (exact) mass is 534 g/mol. The maximum Gasteiger partial charge on any atom is 0.405 e. The van der Waals surface area contributed by atoms with E-state index in [1.807, 2.05) is 74.5 Å². The van der Waals surface area contributed by atoms with Crippen molar-refractivity contribution in [2.75, 3.05) is 7.05 Å². The molecule has 3 N–H and O–H groups in total. The second-order valence-corrected chi connectivity index (χ2v) is 9.77. The zero-order valence-corrected chi connectivity index (χ0v) is 22.3. The van der Waals surface area contributed by atoms with Crippen molar-refractivity contribution in [3.8, 4) is 0 Å².